The van der Waals surface area contributed by atoms with Crippen LogP contribution in [0.4, 0.5) is 23.4 Å². The lowest BCUT2D eigenvalue weighted by atomic mass is 9.86. The third kappa shape index (κ3) is 2.85. The number of phenolic OH excluding ortho intramolecular Hbond substituents is 1. The van der Waals surface area contributed by atoms with Crippen LogP contribution in [0.25, 0.3) is 5.57 Å². The molecular weight excluding hydrogens is 378 g/mol. The van der Waals surface area contributed by atoms with Crippen LogP contribution in [-0.4, -0.2) is 10.2 Å². The number of allylic oxidation sites excluding steroid dienone is 4. The van der Waals surface area contributed by atoms with E-state index in [1.807, 2.05) is 0 Å². The van der Waals surface area contributed by atoms with Crippen molar-refractivity contribution in [2.45, 2.75) is 19.0 Å². The number of aromatic hydroxyl groups is 1. The molecule has 0 aliphatic heterocycles. The van der Waals surface area contributed by atoms with E-state index in [9.17, 15) is 27.8 Å². The molecule has 2 aromatic rings. The fraction of sp³-hybridized carbons (Fsp3) is 0.200. The molecule has 0 saturated carbocycles. The Morgan fingerprint density at radius 1 is 1.14 bits per heavy atom. The number of phenols is 1. The van der Waals surface area contributed by atoms with Crippen LogP contribution in [0.15, 0.2) is 58.2 Å². The molecule has 2 aliphatic carbocycles. The standard InChI is InChI=1S/C20H15F4NO3/c21-16-5-9(1-2-17(16)27)12-8-13-14(18(12)11-3-4-28-19(11)25)6-10(26)7-15(13)20(22,23)24/h1-4,6-7,9,26-27H,5,8,25H2. The molecule has 1 heterocycles. The first-order valence-corrected chi connectivity index (χ1v) is 8.42. The first-order valence-electron chi connectivity index (χ1n) is 8.42. The Kier molecular flexibility index (Phi) is 4.02. The Morgan fingerprint density at radius 2 is 1.89 bits per heavy atom. The van der Waals surface area contributed by atoms with Gasteiger partial charge in [-0.1, -0.05) is 6.08 Å². The number of benzene rings is 1. The molecule has 4 N–H and O–H groups in total. The molecule has 0 bridgehead atoms. The first-order chi connectivity index (χ1) is 13.2. The predicted octanol–water partition coefficient (Wildman–Crippen LogP) is 5.26. The van der Waals surface area contributed by atoms with E-state index in [-0.39, 0.29) is 29.9 Å². The van der Waals surface area contributed by atoms with Crippen LogP contribution in [0.1, 0.15) is 28.7 Å². The summed E-state index contributed by atoms with van der Waals surface area (Å²) < 4.78 is 59.8. The van der Waals surface area contributed by atoms with E-state index in [1.165, 1.54) is 24.5 Å². The number of hydrogen-bond donors (Lipinski definition) is 3. The van der Waals surface area contributed by atoms with E-state index < -0.39 is 35.0 Å². The van der Waals surface area contributed by atoms with Gasteiger partial charge >= 0.3 is 6.18 Å². The third-order valence-electron chi connectivity index (χ3n) is 5.07. The number of anilines is 1. The zero-order valence-corrected chi connectivity index (χ0v) is 14.3. The van der Waals surface area contributed by atoms with Crippen molar-refractivity contribution >= 4 is 11.5 Å². The van der Waals surface area contributed by atoms with Crippen LogP contribution in [0.3, 0.4) is 0 Å². The fourth-order valence-corrected chi connectivity index (χ4v) is 3.84. The number of halogens is 4. The van der Waals surface area contributed by atoms with E-state index in [0.717, 1.165) is 0 Å². The number of fused-ring (bicyclic) bond motifs is 1. The van der Waals surface area contributed by atoms with Crippen molar-refractivity contribution in [2.75, 3.05) is 5.73 Å². The number of aliphatic hydroxyl groups excluding tert-OH is 1. The first kappa shape index (κ1) is 18.2. The molecule has 0 amide bonds. The second kappa shape index (κ2) is 6.19. The van der Waals surface area contributed by atoms with Crippen molar-refractivity contribution in [3.63, 3.8) is 0 Å². The van der Waals surface area contributed by atoms with Crippen molar-refractivity contribution in [1.82, 2.24) is 0 Å². The molecule has 4 rings (SSSR count). The van der Waals surface area contributed by atoms with Crippen LogP contribution in [0.5, 0.6) is 5.75 Å². The molecular formula is C20H15F4NO3. The van der Waals surface area contributed by atoms with Gasteiger partial charge in [-0.15, -0.1) is 0 Å². The molecule has 0 radical (unpaired) electrons. The molecule has 1 atom stereocenters. The second-order valence-electron chi connectivity index (χ2n) is 6.75. The van der Waals surface area contributed by atoms with Gasteiger partial charge in [0.05, 0.1) is 11.8 Å². The van der Waals surface area contributed by atoms with Gasteiger partial charge in [-0.25, -0.2) is 4.39 Å². The Labute approximate surface area is 156 Å². The van der Waals surface area contributed by atoms with Gasteiger partial charge in [0.1, 0.15) is 17.3 Å². The molecule has 146 valence electrons. The Hall–Kier alpha value is -3.16. The highest BCUT2D eigenvalue weighted by Crippen LogP contribution is 2.49. The summed E-state index contributed by atoms with van der Waals surface area (Å²) in [7, 11) is 0. The van der Waals surface area contributed by atoms with Crippen molar-refractivity contribution in [3.8, 4) is 5.75 Å². The van der Waals surface area contributed by atoms with Crippen molar-refractivity contribution in [3.05, 3.63) is 76.0 Å². The Morgan fingerprint density at radius 3 is 2.50 bits per heavy atom. The Balaban J connectivity index is 1.94. The highest BCUT2D eigenvalue weighted by Gasteiger charge is 2.40. The van der Waals surface area contributed by atoms with Crippen LogP contribution in [-0.2, 0) is 12.6 Å². The van der Waals surface area contributed by atoms with E-state index in [0.29, 0.717) is 22.8 Å². The zero-order chi connectivity index (χ0) is 20.2. The number of nitrogens with two attached hydrogens (primary N) is 1. The summed E-state index contributed by atoms with van der Waals surface area (Å²) in [5.41, 5.74) is 6.35. The summed E-state index contributed by atoms with van der Waals surface area (Å²) in [6.07, 6.45) is -0.893. The van der Waals surface area contributed by atoms with Crippen LogP contribution >= 0.6 is 0 Å². The van der Waals surface area contributed by atoms with Crippen molar-refractivity contribution < 1.29 is 32.2 Å². The van der Waals surface area contributed by atoms with Crippen LogP contribution < -0.4 is 5.73 Å². The molecule has 0 fully saturated rings. The van der Waals surface area contributed by atoms with Gasteiger partial charge in [0.25, 0.3) is 0 Å². The molecule has 1 unspecified atom stereocenters. The summed E-state index contributed by atoms with van der Waals surface area (Å²) >= 11 is 0. The third-order valence-corrected chi connectivity index (χ3v) is 5.07. The molecule has 0 spiro atoms. The second-order valence-corrected chi connectivity index (χ2v) is 6.75. The SMILES string of the molecule is Nc1occc1C1=C(C2C=CC(O)=C(F)C2)Cc2c1cc(O)cc2C(F)(F)F. The van der Waals surface area contributed by atoms with E-state index in [4.69, 9.17) is 10.2 Å². The van der Waals surface area contributed by atoms with Crippen LogP contribution in [0, 0.1) is 5.92 Å². The summed E-state index contributed by atoms with van der Waals surface area (Å²) in [5, 5.41) is 19.4. The molecule has 1 aromatic carbocycles. The maximum Gasteiger partial charge on any atom is 0.416 e. The van der Waals surface area contributed by atoms with Crippen molar-refractivity contribution in [2.24, 2.45) is 5.92 Å². The number of alkyl halides is 3. The van der Waals surface area contributed by atoms with E-state index in [1.54, 1.807) is 6.08 Å². The molecule has 2 aliphatic rings. The smallest absolute Gasteiger partial charge is 0.416 e. The largest absolute Gasteiger partial charge is 0.508 e. The van der Waals surface area contributed by atoms with Crippen molar-refractivity contribution in [1.29, 1.82) is 0 Å². The minimum Gasteiger partial charge on any atom is -0.508 e. The molecule has 8 heteroatoms. The lowest BCUT2D eigenvalue weighted by molar-refractivity contribution is -0.138. The number of aliphatic hydroxyl groups is 1. The normalized spacial score (nSPS) is 19.5. The maximum atomic E-state index is 14.0. The quantitative estimate of drug-likeness (QED) is 0.608. The summed E-state index contributed by atoms with van der Waals surface area (Å²) in [5.74, 6) is -2.33. The maximum absolute atomic E-state index is 14.0. The lowest BCUT2D eigenvalue weighted by Crippen LogP contribution is -2.11. The summed E-state index contributed by atoms with van der Waals surface area (Å²) in [6.45, 7) is 0. The van der Waals surface area contributed by atoms with Gasteiger partial charge in [0.2, 0.25) is 0 Å². The minimum absolute atomic E-state index is 0.0101. The van der Waals surface area contributed by atoms with Gasteiger partial charge in [-0.05, 0) is 53.0 Å². The summed E-state index contributed by atoms with van der Waals surface area (Å²) in [4.78, 5) is 0. The number of nitrogen functional groups attached to an aromatic ring is 1. The molecule has 28 heavy (non-hydrogen) atoms. The van der Waals surface area contributed by atoms with E-state index >= 15 is 0 Å². The monoisotopic (exact) mass is 393 g/mol. The van der Waals surface area contributed by atoms with Gasteiger partial charge in [0, 0.05) is 17.9 Å². The average molecular weight is 393 g/mol. The molecule has 4 nitrogen and oxygen atoms in total. The van der Waals surface area contributed by atoms with Gasteiger partial charge in [0.15, 0.2) is 5.88 Å². The topological polar surface area (TPSA) is 79.6 Å². The highest BCUT2D eigenvalue weighted by molar-refractivity contribution is 5.92. The molecule has 0 saturated heterocycles. The van der Waals surface area contributed by atoms with Gasteiger partial charge in [-0.3, -0.25) is 0 Å². The van der Waals surface area contributed by atoms with Gasteiger partial charge in [-0.2, -0.15) is 13.2 Å². The lowest BCUT2D eigenvalue weighted by Gasteiger charge is -2.19. The number of rotatable bonds is 2. The predicted molar refractivity (Wildman–Crippen MR) is 94.0 cm³/mol. The highest BCUT2D eigenvalue weighted by atomic mass is 19.4. The zero-order valence-electron chi connectivity index (χ0n) is 14.3. The number of furan rings is 1. The Bertz CT molecular complexity index is 1060. The van der Waals surface area contributed by atoms with Gasteiger partial charge < -0.3 is 20.4 Å². The molecule has 1 aromatic heterocycles. The minimum atomic E-state index is -4.67. The number of hydrogen-bond acceptors (Lipinski definition) is 4. The fourth-order valence-electron chi connectivity index (χ4n) is 3.84. The average Bonchev–Trinajstić information content (AvgIpc) is 3.18. The van der Waals surface area contributed by atoms with Crippen LogP contribution in [0.2, 0.25) is 0 Å². The summed E-state index contributed by atoms with van der Waals surface area (Å²) in [6, 6.07) is 3.45. The van der Waals surface area contributed by atoms with E-state index in [2.05, 4.69) is 0 Å².